The average molecular weight is 386 g/mol. The molecule has 0 saturated carbocycles. The van der Waals surface area contributed by atoms with E-state index in [2.05, 4.69) is 10.2 Å². The maximum atomic E-state index is 13.0. The van der Waals surface area contributed by atoms with Crippen LogP contribution in [-0.4, -0.2) is 34.1 Å². The quantitative estimate of drug-likeness (QED) is 0.663. The molecule has 0 aliphatic carbocycles. The Bertz CT molecular complexity index is 950. The molecule has 138 valence electrons. The SMILES string of the molecule is O=C(c1cccc(Cl)c1)N1CCC(c2nnc(-c3ccc(F)cc3)o2)CC1. The van der Waals surface area contributed by atoms with E-state index in [9.17, 15) is 9.18 Å². The predicted molar refractivity (Wildman–Crippen MR) is 99.0 cm³/mol. The zero-order chi connectivity index (χ0) is 18.8. The van der Waals surface area contributed by atoms with Crippen molar-refractivity contribution in [1.29, 1.82) is 0 Å². The van der Waals surface area contributed by atoms with Crippen LogP contribution in [0.3, 0.4) is 0 Å². The van der Waals surface area contributed by atoms with Gasteiger partial charge in [-0.15, -0.1) is 10.2 Å². The first-order chi connectivity index (χ1) is 13.1. The molecule has 1 amide bonds. The van der Waals surface area contributed by atoms with Crippen LogP contribution in [0.2, 0.25) is 5.02 Å². The van der Waals surface area contributed by atoms with Crippen molar-refractivity contribution in [2.75, 3.05) is 13.1 Å². The molecule has 4 rings (SSSR count). The van der Waals surface area contributed by atoms with Crippen molar-refractivity contribution in [1.82, 2.24) is 15.1 Å². The summed E-state index contributed by atoms with van der Waals surface area (Å²) in [6.07, 6.45) is 1.49. The number of likely N-dealkylation sites (tertiary alicyclic amines) is 1. The molecule has 0 N–H and O–H groups in total. The molecule has 1 saturated heterocycles. The molecule has 0 bridgehead atoms. The fourth-order valence-corrected chi connectivity index (χ4v) is 3.43. The molecule has 1 aliphatic heterocycles. The van der Waals surface area contributed by atoms with Crippen LogP contribution in [0, 0.1) is 5.82 Å². The highest BCUT2D eigenvalue weighted by molar-refractivity contribution is 6.30. The number of amides is 1. The lowest BCUT2D eigenvalue weighted by Crippen LogP contribution is -2.38. The third-order valence-corrected chi connectivity index (χ3v) is 4.97. The van der Waals surface area contributed by atoms with Gasteiger partial charge in [0, 0.05) is 35.2 Å². The highest BCUT2D eigenvalue weighted by atomic mass is 35.5. The molecule has 1 aromatic heterocycles. The van der Waals surface area contributed by atoms with Crippen molar-refractivity contribution >= 4 is 17.5 Å². The number of carbonyl (C=O) groups is 1. The van der Waals surface area contributed by atoms with Gasteiger partial charge in [-0.2, -0.15) is 0 Å². The molecule has 2 heterocycles. The Labute approximate surface area is 160 Å². The smallest absolute Gasteiger partial charge is 0.253 e. The van der Waals surface area contributed by atoms with Crippen LogP contribution < -0.4 is 0 Å². The molecule has 3 aromatic rings. The van der Waals surface area contributed by atoms with Gasteiger partial charge in [-0.1, -0.05) is 17.7 Å². The Morgan fingerprint density at radius 2 is 1.85 bits per heavy atom. The summed E-state index contributed by atoms with van der Waals surface area (Å²) in [5, 5.41) is 8.77. The zero-order valence-corrected chi connectivity index (χ0v) is 15.2. The van der Waals surface area contributed by atoms with E-state index in [-0.39, 0.29) is 17.6 Å². The summed E-state index contributed by atoms with van der Waals surface area (Å²) in [6.45, 7) is 1.23. The van der Waals surface area contributed by atoms with E-state index in [4.69, 9.17) is 16.0 Å². The normalized spacial score (nSPS) is 15.1. The third-order valence-electron chi connectivity index (χ3n) is 4.73. The molecule has 1 aliphatic rings. The van der Waals surface area contributed by atoms with E-state index >= 15 is 0 Å². The number of halogens is 2. The number of hydrogen-bond acceptors (Lipinski definition) is 4. The molecule has 2 aromatic carbocycles. The van der Waals surface area contributed by atoms with Gasteiger partial charge in [-0.05, 0) is 55.3 Å². The minimum absolute atomic E-state index is 0.0199. The molecule has 1 fully saturated rings. The van der Waals surface area contributed by atoms with Crippen LogP contribution in [0.15, 0.2) is 52.9 Å². The standard InChI is InChI=1S/C20H17ClFN3O2/c21-16-3-1-2-15(12-16)20(26)25-10-8-14(9-11-25)19-24-23-18(27-19)13-4-6-17(22)7-5-13/h1-7,12,14H,8-11H2. The number of nitrogens with zero attached hydrogens (tertiary/aromatic N) is 3. The van der Waals surface area contributed by atoms with Gasteiger partial charge < -0.3 is 9.32 Å². The number of benzene rings is 2. The molecule has 0 atom stereocenters. The maximum Gasteiger partial charge on any atom is 0.253 e. The van der Waals surface area contributed by atoms with E-state index < -0.39 is 0 Å². The first-order valence-corrected chi connectivity index (χ1v) is 9.12. The number of carbonyl (C=O) groups excluding carboxylic acids is 1. The van der Waals surface area contributed by atoms with E-state index in [1.807, 2.05) is 4.90 Å². The summed E-state index contributed by atoms with van der Waals surface area (Å²) in [5.41, 5.74) is 1.28. The number of hydrogen-bond donors (Lipinski definition) is 0. The Balaban J connectivity index is 1.41. The summed E-state index contributed by atoms with van der Waals surface area (Å²) in [6, 6.07) is 12.9. The van der Waals surface area contributed by atoms with Crippen molar-refractivity contribution in [3.63, 3.8) is 0 Å². The first kappa shape index (κ1) is 17.7. The second kappa shape index (κ2) is 7.48. The summed E-state index contributed by atoms with van der Waals surface area (Å²) in [7, 11) is 0. The van der Waals surface area contributed by atoms with Crippen molar-refractivity contribution < 1.29 is 13.6 Å². The number of aromatic nitrogens is 2. The lowest BCUT2D eigenvalue weighted by Gasteiger charge is -2.30. The Kier molecular flexibility index (Phi) is 4.90. The monoisotopic (exact) mass is 385 g/mol. The summed E-state index contributed by atoms with van der Waals surface area (Å²) >= 11 is 5.97. The second-order valence-electron chi connectivity index (χ2n) is 6.53. The average Bonchev–Trinajstić information content (AvgIpc) is 3.18. The van der Waals surface area contributed by atoms with Crippen LogP contribution in [0.4, 0.5) is 4.39 Å². The minimum Gasteiger partial charge on any atom is -0.420 e. The van der Waals surface area contributed by atoms with Crippen LogP contribution in [0.1, 0.15) is 35.0 Å². The van der Waals surface area contributed by atoms with E-state index in [0.717, 1.165) is 12.8 Å². The van der Waals surface area contributed by atoms with Crippen molar-refractivity contribution in [2.24, 2.45) is 0 Å². The number of piperidine rings is 1. The summed E-state index contributed by atoms with van der Waals surface area (Å²) < 4.78 is 18.8. The lowest BCUT2D eigenvalue weighted by molar-refractivity contribution is 0.0706. The third kappa shape index (κ3) is 3.85. The Morgan fingerprint density at radius 1 is 1.11 bits per heavy atom. The number of rotatable bonds is 3. The molecule has 0 radical (unpaired) electrons. The van der Waals surface area contributed by atoms with Gasteiger partial charge >= 0.3 is 0 Å². The highest BCUT2D eigenvalue weighted by Crippen LogP contribution is 2.30. The predicted octanol–water partition coefficient (Wildman–Crippen LogP) is 4.55. The molecule has 0 unspecified atom stereocenters. The van der Waals surface area contributed by atoms with Crippen LogP contribution in [0.5, 0.6) is 0 Å². The fraction of sp³-hybridized carbons (Fsp3) is 0.250. The zero-order valence-electron chi connectivity index (χ0n) is 14.4. The lowest BCUT2D eigenvalue weighted by atomic mass is 9.96. The summed E-state index contributed by atoms with van der Waals surface area (Å²) in [5.74, 6) is 0.713. The van der Waals surface area contributed by atoms with Gasteiger partial charge in [-0.25, -0.2) is 4.39 Å². The Morgan fingerprint density at radius 3 is 2.56 bits per heavy atom. The van der Waals surface area contributed by atoms with Gasteiger partial charge in [0.2, 0.25) is 11.8 Å². The highest BCUT2D eigenvalue weighted by Gasteiger charge is 2.28. The van der Waals surface area contributed by atoms with Gasteiger partial charge in [-0.3, -0.25) is 4.79 Å². The second-order valence-corrected chi connectivity index (χ2v) is 6.97. The molecule has 5 nitrogen and oxygen atoms in total. The molecule has 27 heavy (non-hydrogen) atoms. The molecular formula is C20H17ClFN3O2. The van der Waals surface area contributed by atoms with Crippen LogP contribution >= 0.6 is 11.6 Å². The molecular weight excluding hydrogens is 369 g/mol. The van der Waals surface area contributed by atoms with Crippen molar-refractivity contribution in [3.05, 3.63) is 70.8 Å². The van der Waals surface area contributed by atoms with E-state index in [1.54, 1.807) is 36.4 Å². The van der Waals surface area contributed by atoms with Gasteiger partial charge in [0.05, 0.1) is 0 Å². The fourth-order valence-electron chi connectivity index (χ4n) is 3.24. The van der Waals surface area contributed by atoms with Gasteiger partial charge in [0.25, 0.3) is 5.91 Å². The topological polar surface area (TPSA) is 59.2 Å². The molecule has 0 spiro atoms. The first-order valence-electron chi connectivity index (χ1n) is 8.74. The minimum atomic E-state index is -0.310. The van der Waals surface area contributed by atoms with Crippen molar-refractivity contribution in [2.45, 2.75) is 18.8 Å². The van der Waals surface area contributed by atoms with Gasteiger partial charge in [0.1, 0.15) is 5.82 Å². The van der Waals surface area contributed by atoms with E-state index in [1.165, 1.54) is 12.1 Å². The largest absolute Gasteiger partial charge is 0.420 e. The van der Waals surface area contributed by atoms with E-state index in [0.29, 0.717) is 41.0 Å². The van der Waals surface area contributed by atoms with Crippen molar-refractivity contribution in [3.8, 4) is 11.5 Å². The molecule has 7 heteroatoms. The maximum absolute atomic E-state index is 13.0. The van der Waals surface area contributed by atoms with Crippen LogP contribution in [-0.2, 0) is 0 Å². The van der Waals surface area contributed by atoms with Crippen LogP contribution in [0.25, 0.3) is 11.5 Å². The summed E-state index contributed by atoms with van der Waals surface area (Å²) in [4.78, 5) is 14.4. The Hall–Kier alpha value is -2.73. The van der Waals surface area contributed by atoms with Gasteiger partial charge in [0.15, 0.2) is 0 Å².